The molecule has 11 heavy (non-hydrogen) atoms. The van der Waals surface area contributed by atoms with E-state index in [4.69, 9.17) is 9.84 Å². The first kappa shape index (κ1) is 10.9. The Labute approximate surface area is 69.6 Å². The maximum Gasteiger partial charge on any atom is 0.0568 e. The summed E-state index contributed by atoms with van der Waals surface area (Å²) in [6.07, 6.45) is 3.51. The summed E-state index contributed by atoms with van der Waals surface area (Å²) in [5.74, 6) is 0.603. The molecule has 0 aliphatic carbocycles. The van der Waals surface area contributed by atoms with Crippen molar-refractivity contribution >= 4 is 0 Å². The van der Waals surface area contributed by atoms with Crippen LogP contribution in [0.15, 0.2) is 0 Å². The monoisotopic (exact) mass is 160 g/mol. The molecule has 2 heteroatoms. The highest BCUT2D eigenvalue weighted by atomic mass is 16.5. The van der Waals surface area contributed by atoms with Gasteiger partial charge in [-0.15, -0.1) is 0 Å². The van der Waals surface area contributed by atoms with Gasteiger partial charge in [-0.1, -0.05) is 13.3 Å². The fourth-order valence-electron chi connectivity index (χ4n) is 1.05. The van der Waals surface area contributed by atoms with E-state index < -0.39 is 0 Å². The molecular weight excluding hydrogens is 140 g/mol. The molecule has 0 aliphatic rings. The van der Waals surface area contributed by atoms with Crippen molar-refractivity contribution < 1.29 is 9.84 Å². The third-order valence-corrected chi connectivity index (χ3v) is 2.24. The molecule has 0 aromatic carbocycles. The van der Waals surface area contributed by atoms with Crippen molar-refractivity contribution in [3.63, 3.8) is 0 Å². The fraction of sp³-hybridized carbons (Fsp3) is 1.00. The predicted octanol–water partition coefficient (Wildman–Crippen LogP) is 1.82. The van der Waals surface area contributed by atoms with Crippen LogP contribution in [0.3, 0.4) is 0 Å². The number of rotatable bonds is 6. The lowest BCUT2D eigenvalue weighted by Crippen LogP contribution is -2.16. The van der Waals surface area contributed by atoms with Gasteiger partial charge in [0, 0.05) is 13.7 Å². The van der Waals surface area contributed by atoms with E-state index in [1.54, 1.807) is 7.11 Å². The summed E-state index contributed by atoms with van der Waals surface area (Å²) < 4.78 is 5.18. The molecule has 0 rings (SSSR count). The van der Waals surface area contributed by atoms with Crippen molar-refractivity contribution in [3.05, 3.63) is 0 Å². The molecule has 68 valence electrons. The van der Waals surface area contributed by atoms with Crippen molar-refractivity contribution in [1.29, 1.82) is 0 Å². The lowest BCUT2D eigenvalue weighted by atomic mass is 9.99. The predicted molar refractivity (Wildman–Crippen MR) is 46.6 cm³/mol. The van der Waals surface area contributed by atoms with Crippen LogP contribution in [0.1, 0.15) is 33.1 Å². The van der Waals surface area contributed by atoms with Crippen LogP contribution in [-0.2, 0) is 4.74 Å². The van der Waals surface area contributed by atoms with Crippen LogP contribution >= 0.6 is 0 Å². The Balaban J connectivity index is 3.28. The van der Waals surface area contributed by atoms with Crippen LogP contribution in [-0.4, -0.2) is 24.9 Å². The van der Waals surface area contributed by atoms with Gasteiger partial charge in [0.15, 0.2) is 0 Å². The van der Waals surface area contributed by atoms with E-state index in [0.717, 1.165) is 19.3 Å². The van der Waals surface area contributed by atoms with Gasteiger partial charge in [-0.05, 0) is 25.7 Å². The first-order valence-electron chi connectivity index (χ1n) is 4.36. The van der Waals surface area contributed by atoms with E-state index >= 15 is 0 Å². The number of hydrogen-bond donors (Lipinski definition) is 1. The van der Waals surface area contributed by atoms with E-state index in [0.29, 0.717) is 18.6 Å². The van der Waals surface area contributed by atoms with Crippen LogP contribution in [0, 0.1) is 5.92 Å². The zero-order valence-corrected chi connectivity index (χ0v) is 7.84. The van der Waals surface area contributed by atoms with Crippen molar-refractivity contribution in [2.24, 2.45) is 5.92 Å². The molecule has 1 N–H and O–H groups in total. The summed E-state index contributed by atoms with van der Waals surface area (Å²) >= 11 is 0. The summed E-state index contributed by atoms with van der Waals surface area (Å²) in [6.45, 7) is 4.59. The molecular formula is C9H20O2. The summed E-state index contributed by atoms with van der Waals surface area (Å²) in [6, 6.07) is 0. The van der Waals surface area contributed by atoms with Gasteiger partial charge < -0.3 is 9.84 Å². The zero-order valence-electron chi connectivity index (χ0n) is 7.84. The molecule has 2 unspecified atom stereocenters. The van der Waals surface area contributed by atoms with E-state index in [2.05, 4.69) is 13.8 Å². The Morgan fingerprint density at radius 1 is 1.27 bits per heavy atom. The number of aliphatic hydroxyl groups excluding tert-OH is 1. The lowest BCUT2D eigenvalue weighted by Gasteiger charge is -2.17. The minimum atomic E-state index is 0.314. The summed E-state index contributed by atoms with van der Waals surface area (Å²) in [5.41, 5.74) is 0. The van der Waals surface area contributed by atoms with Crippen LogP contribution < -0.4 is 0 Å². The van der Waals surface area contributed by atoms with E-state index in [1.165, 1.54) is 0 Å². The Morgan fingerprint density at radius 2 is 1.91 bits per heavy atom. The summed E-state index contributed by atoms with van der Waals surface area (Å²) in [4.78, 5) is 0. The molecule has 0 spiro atoms. The lowest BCUT2D eigenvalue weighted by molar-refractivity contribution is 0.0688. The first-order chi connectivity index (χ1) is 5.22. The normalized spacial score (nSPS) is 16.4. The van der Waals surface area contributed by atoms with E-state index in [-0.39, 0.29) is 0 Å². The zero-order chi connectivity index (χ0) is 8.69. The Hall–Kier alpha value is -0.0800. The van der Waals surface area contributed by atoms with E-state index in [1.807, 2.05) is 0 Å². The molecule has 0 radical (unpaired) electrons. The van der Waals surface area contributed by atoms with Gasteiger partial charge in [-0.25, -0.2) is 0 Å². The van der Waals surface area contributed by atoms with Gasteiger partial charge in [0.25, 0.3) is 0 Å². The quantitative estimate of drug-likeness (QED) is 0.600. The number of aliphatic hydroxyl groups is 1. The van der Waals surface area contributed by atoms with Crippen molar-refractivity contribution in [1.82, 2.24) is 0 Å². The van der Waals surface area contributed by atoms with Gasteiger partial charge in [0.05, 0.1) is 6.10 Å². The minimum Gasteiger partial charge on any atom is -0.396 e. The average Bonchev–Trinajstić information content (AvgIpc) is 2.03. The molecule has 0 amide bonds. The van der Waals surface area contributed by atoms with Crippen molar-refractivity contribution in [2.75, 3.05) is 13.7 Å². The molecule has 0 heterocycles. The highest BCUT2D eigenvalue weighted by Crippen LogP contribution is 2.13. The molecule has 0 aromatic heterocycles. The average molecular weight is 160 g/mol. The number of methoxy groups -OCH3 is 1. The molecule has 2 nitrogen and oxygen atoms in total. The highest BCUT2D eigenvalue weighted by Gasteiger charge is 2.09. The number of ether oxygens (including phenoxy) is 1. The van der Waals surface area contributed by atoms with Gasteiger partial charge in [0.2, 0.25) is 0 Å². The smallest absolute Gasteiger partial charge is 0.0568 e. The minimum absolute atomic E-state index is 0.314. The summed E-state index contributed by atoms with van der Waals surface area (Å²) in [7, 11) is 1.74. The second-order valence-electron chi connectivity index (χ2n) is 3.14. The topological polar surface area (TPSA) is 29.5 Å². The van der Waals surface area contributed by atoms with Gasteiger partial charge in [0.1, 0.15) is 0 Å². The second-order valence-corrected chi connectivity index (χ2v) is 3.14. The van der Waals surface area contributed by atoms with Crippen LogP contribution in [0.5, 0.6) is 0 Å². The van der Waals surface area contributed by atoms with Crippen LogP contribution in [0.25, 0.3) is 0 Å². The second kappa shape index (κ2) is 6.62. The van der Waals surface area contributed by atoms with Gasteiger partial charge >= 0.3 is 0 Å². The maximum atomic E-state index is 8.54. The molecule has 0 saturated heterocycles. The number of hydrogen-bond acceptors (Lipinski definition) is 2. The molecule has 0 saturated carbocycles. The summed E-state index contributed by atoms with van der Waals surface area (Å²) in [5, 5.41) is 8.54. The third-order valence-electron chi connectivity index (χ3n) is 2.24. The standard InChI is InChI=1S/C9H20O2/c1-8(9(2)11-3)6-4-5-7-10/h8-10H,4-7H2,1-3H3. The Kier molecular flexibility index (Phi) is 6.57. The van der Waals surface area contributed by atoms with Gasteiger partial charge in [-0.2, -0.15) is 0 Å². The Morgan fingerprint density at radius 3 is 2.36 bits per heavy atom. The number of unbranched alkanes of at least 4 members (excludes halogenated alkanes) is 1. The van der Waals surface area contributed by atoms with Gasteiger partial charge in [-0.3, -0.25) is 0 Å². The Bertz CT molecular complexity index is 83.6. The maximum absolute atomic E-state index is 8.54. The third kappa shape index (κ3) is 5.22. The van der Waals surface area contributed by atoms with Crippen molar-refractivity contribution in [2.45, 2.75) is 39.2 Å². The SMILES string of the molecule is COC(C)C(C)CCCCO. The highest BCUT2D eigenvalue weighted by molar-refractivity contribution is 4.60. The molecule has 0 aliphatic heterocycles. The molecule has 0 bridgehead atoms. The van der Waals surface area contributed by atoms with Crippen LogP contribution in [0.4, 0.5) is 0 Å². The van der Waals surface area contributed by atoms with Crippen LogP contribution in [0.2, 0.25) is 0 Å². The van der Waals surface area contributed by atoms with E-state index in [9.17, 15) is 0 Å². The van der Waals surface area contributed by atoms with Crippen molar-refractivity contribution in [3.8, 4) is 0 Å². The molecule has 0 fully saturated rings. The first-order valence-corrected chi connectivity index (χ1v) is 4.36. The molecule has 0 aromatic rings. The fourth-order valence-corrected chi connectivity index (χ4v) is 1.05. The molecule has 2 atom stereocenters. The largest absolute Gasteiger partial charge is 0.396 e.